The Morgan fingerprint density at radius 3 is 2.54 bits per heavy atom. The van der Waals surface area contributed by atoms with Gasteiger partial charge in [0.1, 0.15) is 17.3 Å². The molecule has 1 atom stereocenters. The van der Waals surface area contributed by atoms with Crippen molar-refractivity contribution in [3.05, 3.63) is 70.5 Å². The Labute approximate surface area is 217 Å². The first kappa shape index (κ1) is 26.8. The number of morpholine rings is 1. The number of Topliss-reactive ketones (excluding diaryl/α,β-unsaturated/α-hetero) is 1. The lowest BCUT2D eigenvalue weighted by Crippen LogP contribution is -2.39. The van der Waals surface area contributed by atoms with Gasteiger partial charge in [0, 0.05) is 37.3 Å². The molecule has 0 radical (unpaired) electrons. The number of ether oxygens (including phenoxy) is 2. The van der Waals surface area contributed by atoms with Crippen molar-refractivity contribution in [1.82, 2.24) is 9.80 Å². The average Bonchev–Trinajstić information content (AvgIpc) is 3.13. The highest BCUT2D eigenvalue weighted by molar-refractivity contribution is 6.46. The minimum Gasteiger partial charge on any atom is -0.507 e. The minimum absolute atomic E-state index is 0.0968. The van der Waals surface area contributed by atoms with Gasteiger partial charge in [-0.1, -0.05) is 32.0 Å². The molecule has 2 heterocycles. The number of aryl methyl sites for hydroxylation is 1. The Bertz CT molecular complexity index is 1170. The Morgan fingerprint density at radius 2 is 1.86 bits per heavy atom. The number of likely N-dealkylation sites (tertiary alicyclic amines) is 1. The molecule has 2 aliphatic rings. The van der Waals surface area contributed by atoms with Crippen LogP contribution in [-0.2, 0) is 14.3 Å². The van der Waals surface area contributed by atoms with Crippen molar-refractivity contribution in [2.24, 2.45) is 5.92 Å². The number of hydrogen-bond acceptors (Lipinski definition) is 6. The highest BCUT2D eigenvalue weighted by Gasteiger charge is 2.46. The summed E-state index contributed by atoms with van der Waals surface area (Å²) in [4.78, 5) is 30.1. The van der Waals surface area contributed by atoms with Gasteiger partial charge in [0.05, 0.1) is 31.4 Å². The van der Waals surface area contributed by atoms with Crippen LogP contribution in [0.4, 0.5) is 4.39 Å². The molecule has 0 bridgehead atoms. The van der Waals surface area contributed by atoms with Crippen molar-refractivity contribution in [3.63, 3.8) is 0 Å². The molecule has 2 aromatic carbocycles. The maximum absolute atomic E-state index is 15.0. The van der Waals surface area contributed by atoms with Crippen molar-refractivity contribution in [2.45, 2.75) is 33.2 Å². The lowest BCUT2D eigenvalue weighted by molar-refractivity contribution is -0.140. The van der Waals surface area contributed by atoms with Gasteiger partial charge in [-0.2, -0.15) is 0 Å². The smallest absolute Gasteiger partial charge is 0.295 e. The molecule has 0 saturated carbocycles. The van der Waals surface area contributed by atoms with Gasteiger partial charge in [-0.15, -0.1) is 0 Å². The van der Waals surface area contributed by atoms with Crippen LogP contribution >= 0.6 is 0 Å². The SMILES string of the molecule is Cc1cc(OCC(C)C)ccc1C(O)=C1C(=O)C(=O)N(CCCN2CCOCC2)[C@@H]1c1ccccc1F. The van der Waals surface area contributed by atoms with E-state index in [1.807, 2.05) is 0 Å². The van der Waals surface area contributed by atoms with Gasteiger partial charge in [0.2, 0.25) is 0 Å². The standard InChI is InChI=1S/C29H35FN2O5/c1-19(2)18-37-21-9-10-22(20(3)17-21)27(33)25-26(23-7-4-5-8-24(23)30)32(29(35)28(25)34)12-6-11-31-13-15-36-16-14-31/h4-5,7-10,17,19,26,33H,6,11-16,18H2,1-3H3/t26-/m1/s1. The van der Waals surface area contributed by atoms with E-state index < -0.39 is 23.5 Å². The largest absolute Gasteiger partial charge is 0.507 e. The molecule has 2 aliphatic heterocycles. The molecule has 2 fully saturated rings. The third-order valence-electron chi connectivity index (χ3n) is 6.75. The zero-order valence-corrected chi connectivity index (χ0v) is 21.7. The Balaban J connectivity index is 1.67. The van der Waals surface area contributed by atoms with Crippen LogP contribution in [0.5, 0.6) is 5.75 Å². The number of rotatable bonds is 9. The average molecular weight is 511 g/mol. The second-order valence-corrected chi connectivity index (χ2v) is 10.0. The molecule has 0 aromatic heterocycles. The van der Waals surface area contributed by atoms with E-state index in [0.717, 1.165) is 19.6 Å². The second kappa shape index (κ2) is 11.9. The summed E-state index contributed by atoms with van der Waals surface area (Å²) < 4.78 is 26.2. The summed E-state index contributed by atoms with van der Waals surface area (Å²) in [6, 6.07) is 10.3. The molecule has 0 unspecified atom stereocenters. The molecule has 2 aromatic rings. The summed E-state index contributed by atoms with van der Waals surface area (Å²) in [6.07, 6.45) is 0.610. The summed E-state index contributed by atoms with van der Waals surface area (Å²) in [5.74, 6) is -1.38. The van der Waals surface area contributed by atoms with Crippen LogP contribution in [0.3, 0.4) is 0 Å². The third-order valence-corrected chi connectivity index (χ3v) is 6.75. The summed E-state index contributed by atoms with van der Waals surface area (Å²) in [5, 5.41) is 11.4. The number of amides is 1. The first-order valence-corrected chi connectivity index (χ1v) is 12.8. The highest BCUT2D eigenvalue weighted by atomic mass is 19.1. The number of nitrogens with zero attached hydrogens (tertiary/aromatic N) is 2. The van der Waals surface area contributed by atoms with E-state index >= 15 is 4.39 Å². The molecular formula is C29H35FN2O5. The molecule has 37 heavy (non-hydrogen) atoms. The van der Waals surface area contributed by atoms with Crippen LogP contribution in [0.15, 0.2) is 48.0 Å². The molecule has 1 N–H and O–H groups in total. The first-order valence-electron chi connectivity index (χ1n) is 12.8. The molecular weight excluding hydrogens is 475 g/mol. The van der Waals surface area contributed by atoms with Crippen molar-refractivity contribution in [1.29, 1.82) is 0 Å². The Hall–Kier alpha value is -3.23. The van der Waals surface area contributed by atoms with E-state index in [2.05, 4.69) is 18.7 Å². The van der Waals surface area contributed by atoms with Gasteiger partial charge >= 0.3 is 0 Å². The number of aliphatic hydroxyl groups is 1. The van der Waals surface area contributed by atoms with Gasteiger partial charge in [0.25, 0.3) is 11.7 Å². The van der Waals surface area contributed by atoms with E-state index in [1.165, 1.54) is 11.0 Å². The van der Waals surface area contributed by atoms with Crippen LogP contribution in [0, 0.1) is 18.7 Å². The van der Waals surface area contributed by atoms with Gasteiger partial charge in [-0.3, -0.25) is 14.5 Å². The van der Waals surface area contributed by atoms with Crippen molar-refractivity contribution >= 4 is 17.4 Å². The Morgan fingerprint density at radius 1 is 1.14 bits per heavy atom. The first-order chi connectivity index (χ1) is 17.8. The molecule has 0 aliphatic carbocycles. The van der Waals surface area contributed by atoms with E-state index in [9.17, 15) is 14.7 Å². The zero-order valence-electron chi connectivity index (χ0n) is 21.7. The minimum atomic E-state index is -1.01. The lowest BCUT2D eigenvalue weighted by Gasteiger charge is -2.29. The fourth-order valence-electron chi connectivity index (χ4n) is 4.82. The van der Waals surface area contributed by atoms with Gasteiger partial charge in [-0.05, 0) is 49.1 Å². The molecule has 4 rings (SSSR count). The van der Waals surface area contributed by atoms with Gasteiger partial charge < -0.3 is 19.5 Å². The number of benzene rings is 2. The predicted octanol–water partition coefficient (Wildman–Crippen LogP) is 4.31. The zero-order chi connectivity index (χ0) is 26.5. The van der Waals surface area contributed by atoms with E-state index in [0.29, 0.717) is 49.0 Å². The fraction of sp³-hybridized carbons (Fsp3) is 0.448. The number of carbonyl (C=O) groups is 2. The van der Waals surface area contributed by atoms with Crippen molar-refractivity contribution in [3.8, 4) is 5.75 Å². The summed E-state index contributed by atoms with van der Waals surface area (Å²) in [5.41, 5.74) is 1.18. The van der Waals surface area contributed by atoms with Crippen molar-refractivity contribution in [2.75, 3.05) is 46.0 Å². The van der Waals surface area contributed by atoms with Gasteiger partial charge in [0.15, 0.2) is 0 Å². The Kier molecular flexibility index (Phi) is 8.61. The number of aliphatic hydroxyl groups excluding tert-OH is 1. The topological polar surface area (TPSA) is 79.3 Å². The normalized spacial score (nSPS) is 20.1. The lowest BCUT2D eigenvalue weighted by atomic mass is 9.93. The molecule has 7 nitrogen and oxygen atoms in total. The van der Waals surface area contributed by atoms with Crippen LogP contribution in [0.1, 0.15) is 43.0 Å². The second-order valence-electron chi connectivity index (χ2n) is 10.0. The molecule has 8 heteroatoms. The van der Waals surface area contributed by atoms with Crippen LogP contribution in [0.25, 0.3) is 5.76 Å². The molecule has 0 spiro atoms. The predicted molar refractivity (Wildman–Crippen MR) is 139 cm³/mol. The molecule has 1 amide bonds. The molecule has 2 saturated heterocycles. The van der Waals surface area contributed by atoms with Crippen LogP contribution in [-0.4, -0.2) is 72.6 Å². The number of ketones is 1. The third kappa shape index (κ3) is 6.02. The summed E-state index contributed by atoms with van der Waals surface area (Å²) >= 11 is 0. The van der Waals surface area contributed by atoms with E-state index in [1.54, 1.807) is 43.3 Å². The van der Waals surface area contributed by atoms with E-state index in [4.69, 9.17) is 9.47 Å². The summed E-state index contributed by atoms with van der Waals surface area (Å²) in [7, 11) is 0. The number of hydrogen-bond donors (Lipinski definition) is 1. The highest BCUT2D eigenvalue weighted by Crippen LogP contribution is 2.41. The van der Waals surface area contributed by atoms with Crippen molar-refractivity contribution < 1.29 is 28.6 Å². The van der Waals surface area contributed by atoms with Crippen LogP contribution in [0.2, 0.25) is 0 Å². The maximum atomic E-state index is 15.0. The number of halogens is 1. The summed E-state index contributed by atoms with van der Waals surface area (Å²) in [6.45, 7) is 10.4. The van der Waals surface area contributed by atoms with E-state index in [-0.39, 0.29) is 23.4 Å². The van der Waals surface area contributed by atoms with Gasteiger partial charge in [-0.25, -0.2) is 4.39 Å². The number of carbonyl (C=O) groups excluding carboxylic acids is 2. The monoisotopic (exact) mass is 510 g/mol. The fourth-order valence-corrected chi connectivity index (χ4v) is 4.82. The quantitative estimate of drug-likeness (QED) is 0.308. The molecule has 198 valence electrons. The maximum Gasteiger partial charge on any atom is 0.295 e. The van der Waals surface area contributed by atoms with Crippen LogP contribution < -0.4 is 4.74 Å².